The van der Waals surface area contributed by atoms with Crippen LogP contribution < -0.4 is 0 Å². The van der Waals surface area contributed by atoms with Crippen LogP contribution in [0.25, 0.3) is 0 Å². The van der Waals surface area contributed by atoms with Gasteiger partial charge in [0.1, 0.15) is 5.76 Å². The number of aromatic nitrogens is 1. The van der Waals surface area contributed by atoms with Gasteiger partial charge < -0.3 is 4.42 Å². The van der Waals surface area contributed by atoms with Gasteiger partial charge in [0.15, 0.2) is 5.17 Å². The number of nitrogens with zero attached hydrogens (tertiary/aromatic N) is 4. The van der Waals surface area contributed by atoms with Crippen LogP contribution in [-0.2, 0) is 17.8 Å². The Labute approximate surface area is 179 Å². The SMILES string of the molecule is Cc1ccc(CC2SC(=NN=Cc3cccnc3)N(Cc3ccco3)C2=O)cc1C. The van der Waals surface area contributed by atoms with Gasteiger partial charge in [-0.25, -0.2) is 0 Å². The number of hydrogen-bond donors (Lipinski definition) is 0. The Balaban J connectivity index is 1.56. The molecule has 1 amide bonds. The second kappa shape index (κ2) is 9.09. The van der Waals surface area contributed by atoms with Gasteiger partial charge in [0.2, 0.25) is 5.91 Å². The molecule has 1 fully saturated rings. The average molecular weight is 419 g/mol. The molecule has 1 aromatic carbocycles. The van der Waals surface area contributed by atoms with Crippen LogP contribution in [-0.4, -0.2) is 32.4 Å². The number of benzene rings is 1. The van der Waals surface area contributed by atoms with Crippen molar-refractivity contribution in [2.45, 2.75) is 32.1 Å². The molecule has 0 bridgehead atoms. The highest BCUT2D eigenvalue weighted by molar-refractivity contribution is 8.15. The molecule has 1 aliphatic rings. The Bertz CT molecular complexity index is 1080. The maximum Gasteiger partial charge on any atom is 0.242 e. The second-order valence-corrected chi connectivity index (χ2v) is 8.32. The van der Waals surface area contributed by atoms with E-state index >= 15 is 0 Å². The zero-order valence-corrected chi connectivity index (χ0v) is 17.7. The summed E-state index contributed by atoms with van der Waals surface area (Å²) in [6.45, 7) is 4.51. The Morgan fingerprint density at radius 2 is 2.10 bits per heavy atom. The van der Waals surface area contributed by atoms with Crippen LogP contribution in [0.1, 0.15) is 28.0 Å². The van der Waals surface area contributed by atoms with Crippen molar-refractivity contribution in [1.82, 2.24) is 9.88 Å². The van der Waals surface area contributed by atoms with Gasteiger partial charge in [0.05, 0.1) is 24.3 Å². The lowest BCUT2D eigenvalue weighted by atomic mass is 10.0. The molecule has 152 valence electrons. The number of aryl methyl sites for hydroxylation is 2. The molecule has 1 saturated heterocycles. The van der Waals surface area contributed by atoms with Crippen LogP contribution >= 0.6 is 11.8 Å². The van der Waals surface area contributed by atoms with Crippen LogP contribution in [0.3, 0.4) is 0 Å². The molecule has 0 N–H and O–H groups in total. The van der Waals surface area contributed by atoms with E-state index in [-0.39, 0.29) is 11.2 Å². The lowest BCUT2D eigenvalue weighted by Gasteiger charge is -2.14. The standard InChI is InChI=1S/C23H22N4O2S/c1-16-7-8-18(11-17(16)2)12-21-22(28)27(15-20-6-4-10-29-20)23(30-21)26-25-14-19-5-3-9-24-13-19/h3-11,13-14,21H,12,15H2,1-2H3. The molecule has 3 heterocycles. The van der Waals surface area contributed by atoms with Gasteiger partial charge in [-0.05, 0) is 55.2 Å². The number of amidine groups is 1. The van der Waals surface area contributed by atoms with Crippen molar-refractivity contribution in [2.24, 2.45) is 10.2 Å². The summed E-state index contributed by atoms with van der Waals surface area (Å²) in [6, 6.07) is 13.7. The summed E-state index contributed by atoms with van der Waals surface area (Å²) in [7, 11) is 0. The molecule has 7 heteroatoms. The number of rotatable bonds is 6. The van der Waals surface area contributed by atoms with E-state index in [0.717, 1.165) is 11.1 Å². The first-order valence-electron chi connectivity index (χ1n) is 9.68. The first-order chi connectivity index (χ1) is 14.6. The van der Waals surface area contributed by atoms with Crippen LogP contribution in [0.5, 0.6) is 0 Å². The normalized spacial score (nSPS) is 18.1. The fourth-order valence-electron chi connectivity index (χ4n) is 3.16. The number of furan rings is 1. The molecule has 3 aromatic rings. The number of hydrogen-bond acceptors (Lipinski definition) is 6. The monoisotopic (exact) mass is 418 g/mol. The quantitative estimate of drug-likeness (QED) is 0.440. The molecular formula is C23H22N4O2S. The molecule has 0 spiro atoms. The highest BCUT2D eigenvalue weighted by Crippen LogP contribution is 2.31. The summed E-state index contributed by atoms with van der Waals surface area (Å²) in [6.07, 6.45) is 7.29. The van der Waals surface area contributed by atoms with Gasteiger partial charge in [-0.2, -0.15) is 5.10 Å². The summed E-state index contributed by atoms with van der Waals surface area (Å²) < 4.78 is 5.44. The lowest BCUT2D eigenvalue weighted by Crippen LogP contribution is -2.32. The first-order valence-corrected chi connectivity index (χ1v) is 10.6. The number of carbonyl (C=O) groups is 1. The van der Waals surface area contributed by atoms with Crippen molar-refractivity contribution in [3.05, 3.63) is 89.1 Å². The zero-order valence-electron chi connectivity index (χ0n) is 16.9. The Morgan fingerprint density at radius 3 is 2.83 bits per heavy atom. The molecular weight excluding hydrogens is 396 g/mol. The van der Waals surface area contributed by atoms with Crippen LogP contribution in [0.2, 0.25) is 0 Å². The Kier molecular flexibility index (Phi) is 6.09. The largest absolute Gasteiger partial charge is 0.467 e. The minimum absolute atomic E-state index is 0.0185. The predicted molar refractivity (Wildman–Crippen MR) is 120 cm³/mol. The van der Waals surface area contributed by atoms with Gasteiger partial charge in [-0.1, -0.05) is 36.0 Å². The molecule has 6 nitrogen and oxygen atoms in total. The van der Waals surface area contributed by atoms with E-state index in [0.29, 0.717) is 23.9 Å². The van der Waals surface area contributed by atoms with E-state index in [1.54, 1.807) is 29.8 Å². The van der Waals surface area contributed by atoms with E-state index in [9.17, 15) is 4.79 Å². The molecule has 0 aliphatic carbocycles. The van der Waals surface area contributed by atoms with Gasteiger partial charge in [0, 0.05) is 18.0 Å². The zero-order chi connectivity index (χ0) is 20.9. The maximum atomic E-state index is 13.2. The minimum atomic E-state index is -0.241. The maximum absolute atomic E-state index is 13.2. The van der Waals surface area contributed by atoms with Crippen LogP contribution in [0.4, 0.5) is 0 Å². The molecule has 1 unspecified atom stereocenters. The molecule has 0 saturated carbocycles. The lowest BCUT2D eigenvalue weighted by molar-refractivity contribution is -0.126. The second-order valence-electron chi connectivity index (χ2n) is 7.15. The summed E-state index contributed by atoms with van der Waals surface area (Å²) in [4.78, 5) is 18.9. The van der Waals surface area contributed by atoms with Gasteiger partial charge in [0.25, 0.3) is 0 Å². The fraction of sp³-hybridized carbons (Fsp3) is 0.217. The summed E-state index contributed by atoms with van der Waals surface area (Å²) in [5, 5.41) is 8.85. The molecule has 1 aliphatic heterocycles. The third-order valence-corrected chi connectivity index (χ3v) is 6.11. The topological polar surface area (TPSA) is 71.1 Å². The first kappa shape index (κ1) is 20.1. The summed E-state index contributed by atoms with van der Waals surface area (Å²) in [5.41, 5.74) is 4.46. The van der Waals surface area contributed by atoms with Crippen molar-refractivity contribution in [3.8, 4) is 0 Å². The molecule has 2 aromatic heterocycles. The van der Waals surface area contributed by atoms with Crippen molar-refractivity contribution >= 4 is 29.1 Å². The van der Waals surface area contributed by atoms with E-state index in [1.807, 2.05) is 24.3 Å². The molecule has 0 radical (unpaired) electrons. The third kappa shape index (κ3) is 4.68. The smallest absolute Gasteiger partial charge is 0.242 e. The van der Waals surface area contributed by atoms with Crippen LogP contribution in [0, 0.1) is 13.8 Å². The van der Waals surface area contributed by atoms with Crippen molar-refractivity contribution in [1.29, 1.82) is 0 Å². The Hall–Kier alpha value is -3.19. The molecule has 1 atom stereocenters. The summed E-state index contributed by atoms with van der Waals surface area (Å²) in [5.74, 6) is 0.727. The highest BCUT2D eigenvalue weighted by atomic mass is 32.2. The number of thioether (sulfide) groups is 1. The van der Waals surface area contributed by atoms with Crippen molar-refractivity contribution < 1.29 is 9.21 Å². The number of carbonyl (C=O) groups excluding carboxylic acids is 1. The molecule has 4 rings (SSSR count). The van der Waals surface area contributed by atoms with Gasteiger partial charge >= 0.3 is 0 Å². The summed E-state index contributed by atoms with van der Waals surface area (Å²) >= 11 is 1.44. The fourth-order valence-corrected chi connectivity index (χ4v) is 4.30. The van der Waals surface area contributed by atoms with Crippen molar-refractivity contribution in [2.75, 3.05) is 0 Å². The van der Waals surface area contributed by atoms with E-state index in [1.165, 1.54) is 22.9 Å². The van der Waals surface area contributed by atoms with E-state index in [2.05, 4.69) is 47.2 Å². The number of amides is 1. The highest BCUT2D eigenvalue weighted by Gasteiger charge is 2.38. The predicted octanol–water partition coefficient (Wildman–Crippen LogP) is 4.37. The van der Waals surface area contributed by atoms with E-state index < -0.39 is 0 Å². The van der Waals surface area contributed by atoms with Gasteiger partial charge in [-0.15, -0.1) is 5.10 Å². The minimum Gasteiger partial charge on any atom is -0.467 e. The Morgan fingerprint density at radius 1 is 1.20 bits per heavy atom. The van der Waals surface area contributed by atoms with Gasteiger partial charge in [-0.3, -0.25) is 14.7 Å². The van der Waals surface area contributed by atoms with Crippen LogP contribution in [0.15, 0.2) is 75.7 Å². The average Bonchev–Trinajstić information content (AvgIpc) is 3.36. The third-order valence-electron chi connectivity index (χ3n) is 4.94. The number of pyridine rings is 1. The van der Waals surface area contributed by atoms with Crippen molar-refractivity contribution in [3.63, 3.8) is 0 Å². The van der Waals surface area contributed by atoms with E-state index in [4.69, 9.17) is 4.42 Å². The molecule has 30 heavy (non-hydrogen) atoms.